The minimum absolute atomic E-state index is 0.498. The molecule has 5 aromatic rings. The zero-order chi connectivity index (χ0) is 25.9. The van der Waals surface area contributed by atoms with Crippen molar-refractivity contribution in [3.05, 3.63) is 100 Å². The molecule has 3 heterocycles. The molecule has 0 aliphatic carbocycles. The van der Waals surface area contributed by atoms with E-state index in [9.17, 15) is 0 Å². The molecule has 0 spiro atoms. The first-order valence-electron chi connectivity index (χ1n) is 13.3. The third-order valence-electron chi connectivity index (χ3n) is 7.20. The summed E-state index contributed by atoms with van der Waals surface area (Å²) >= 11 is 6.36. The molecule has 0 atom stereocenters. The third kappa shape index (κ3) is 5.62. The highest BCUT2D eigenvalue weighted by Crippen LogP contribution is 2.27. The van der Waals surface area contributed by atoms with Gasteiger partial charge < -0.3 is 9.72 Å². The fourth-order valence-electron chi connectivity index (χ4n) is 5.15. The van der Waals surface area contributed by atoms with Gasteiger partial charge in [-0.05, 0) is 80.4 Å². The molecule has 0 radical (unpaired) electrons. The maximum Gasteiger partial charge on any atom is 0.159 e. The Morgan fingerprint density at radius 2 is 1.74 bits per heavy atom. The second-order valence-corrected chi connectivity index (χ2v) is 10.6. The van der Waals surface area contributed by atoms with Crippen molar-refractivity contribution in [2.45, 2.75) is 45.9 Å². The summed E-state index contributed by atoms with van der Waals surface area (Å²) in [4.78, 5) is 10.9. The van der Waals surface area contributed by atoms with Gasteiger partial charge in [-0.3, -0.25) is 9.58 Å². The lowest BCUT2D eigenvalue weighted by Crippen LogP contribution is -2.29. The van der Waals surface area contributed by atoms with Gasteiger partial charge in [-0.1, -0.05) is 54.4 Å². The van der Waals surface area contributed by atoms with Gasteiger partial charge in [0.25, 0.3) is 0 Å². The third-order valence-corrected chi connectivity index (χ3v) is 7.44. The van der Waals surface area contributed by atoms with E-state index in [4.69, 9.17) is 26.4 Å². The molecule has 194 valence electrons. The molecule has 1 aliphatic rings. The van der Waals surface area contributed by atoms with Gasteiger partial charge in [-0.2, -0.15) is 5.10 Å². The van der Waals surface area contributed by atoms with E-state index in [0.717, 1.165) is 51.7 Å². The number of halogens is 1. The molecule has 1 aliphatic heterocycles. The summed E-state index contributed by atoms with van der Waals surface area (Å²) in [6.07, 6.45) is 3.95. The number of H-pyrrole nitrogens is 1. The number of aromatic nitrogens is 4. The molecule has 0 amide bonds. The quantitative estimate of drug-likeness (QED) is 0.237. The van der Waals surface area contributed by atoms with E-state index < -0.39 is 0 Å². The van der Waals surface area contributed by atoms with E-state index in [0.29, 0.717) is 18.2 Å². The van der Waals surface area contributed by atoms with Crippen LogP contribution in [0, 0.1) is 6.92 Å². The number of likely N-dealkylation sites (tertiary alicyclic amines) is 1. The lowest BCUT2D eigenvalue weighted by atomic mass is 10.1. The summed E-state index contributed by atoms with van der Waals surface area (Å²) < 4.78 is 8.14. The van der Waals surface area contributed by atoms with Gasteiger partial charge in [-0.15, -0.1) is 0 Å². The maximum atomic E-state index is 6.36. The Balaban J connectivity index is 1.21. The molecule has 3 aromatic carbocycles. The zero-order valence-electron chi connectivity index (χ0n) is 21.7. The smallest absolute Gasteiger partial charge is 0.159 e. The van der Waals surface area contributed by atoms with Gasteiger partial charge in [0.2, 0.25) is 0 Å². The number of aryl methyl sites for hydroxylation is 1. The summed E-state index contributed by atoms with van der Waals surface area (Å²) in [5.41, 5.74) is 7.30. The molecule has 0 unspecified atom stereocenters. The highest BCUT2D eigenvalue weighted by Gasteiger charge is 2.15. The van der Waals surface area contributed by atoms with Crippen molar-refractivity contribution >= 4 is 22.6 Å². The first-order chi connectivity index (χ1) is 18.6. The van der Waals surface area contributed by atoms with Crippen LogP contribution in [0.5, 0.6) is 5.75 Å². The summed E-state index contributed by atoms with van der Waals surface area (Å²) in [5.74, 6) is 1.59. The van der Waals surface area contributed by atoms with Gasteiger partial charge in [0, 0.05) is 22.8 Å². The van der Waals surface area contributed by atoms with Crippen molar-refractivity contribution in [3.8, 4) is 17.3 Å². The van der Waals surface area contributed by atoms with Crippen LogP contribution < -0.4 is 4.74 Å². The van der Waals surface area contributed by atoms with E-state index in [1.165, 1.54) is 37.9 Å². The monoisotopic (exact) mass is 525 g/mol. The number of ether oxygens (including phenoxy) is 1. The Bertz CT molecular complexity index is 1530. The Morgan fingerprint density at radius 3 is 2.58 bits per heavy atom. The Kier molecular flexibility index (Phi) is 7.16. The molecule has 6 rings (SSSR count). The lowest BCUT2D eigenvalue weighted by Gasteiger charge is -2.26. The van der Waals surface area contributed by atoms with Crippen molar-refractivity contribution < 1.29 is 4.74 Å². The number of imidazole rings is 1. The Labute approximate surface area is 228 Å². The number of aromatic amines is 1. The fourth-order valence-corrected chi connectivity index (χ4v) is 5.34. The van der Waals surface area contributed by atoms with Gasteiger partial charge in [0.05, 0.1) is 17.6 Å². The van der Waals surface area contributed by atoms with Crippen molar-refractivity contribution in [3.63, 3.8) is 0 Å². The minimum atomic E-state index is 0.498. The van der Waals surface area contributed by atoms with Gasteiger partial charge in [-0.25, -0.2) is 4.98 Å². The number of hydrogen-bond acceptors (Lipinski definition) is 4. The van der Waals surface area contributed by atoms with Crippen LogP contribution >= 0.6 is 11.6 Å². The van der Waals surface area contributed by atoms with Crippen molar-refractivity contribution in [2.24, 2.45) is 0 Å². The predicted octanol–water partition coefficient (Wildman–Crippen LogP) is 7.00. The molecule has 1 saturated heterocycles. The first-order valence-corrected chi connectivity index (χ1v) is 13.7. The molecule has 0 bridgehead atoms. The van der Waals surface area contributed by atoms with Crippen LogP contribution in [-0.4, -0.2) is 37.7 Å². The van der Waals surface area contributed by atoms with Crippen molar-refractivity contribution in [1.82, 2.24) is 24.6 Å². The van der Waals surface area contributed by atoms with E-state index in [2.05, 4.69) is 53.2 Å². The first kappa shape index (κ1) is 24.7. The van der Waals surface area contributed by atoms with Crippen molar-refractivity contribution in [1.29, 1.82) is 0 Å². The standard InChI is InChI=1S/C31H32ClN5O/c1-22-16-29(31-33-27-12-10-24(17-28(27)34-31)19-36-14-6-3-7-15-36)35-37(22)20-25-18-26(32)11-13-30(25)38-21-23-8-4-2-5-9-23/h2,4-5,8-13,16-18H,3,6-7,14-15,19-21H2,1H3,(H,33,34). The summed E-state index contributed by atoms with van der Waals surface area (Å²) in [7, 11) is 0. The molecular weight excluding hydrogens is 494 g/mol. The number of benzene rings is 3. The molecule has 6 nitrogen and oxygen atoms in total. The predicted molar refractivity (Wildman–Crippen MR) is 153 cm³/mol. The molecule has 1 fully saturated rings. The van der Waals surface area contributed by atoms with Crippen LogP contribution in [0.3, 0.4) is 0 Å². The molecule has 38 heavy (non-hydrogen) atoms. The fraction of sp³-hybridized carbons (Fsp3) is 0.290. The van der Waals surface area contributed by atoms with Crippen molar-refractivity contribution in [2.75, 3.05) is 13.1 Å². The van der Waals surface area contributed by atoms with Crippen LogP contribution in [0.4, 0.5) is 0 Å². The molecule has 2 aromatic heterocycles. The average molecular weight is 526 g/mol. The van der Waals surface area contributed by atoms with Crippen LogP contribution in [0.2, 0.25) is 5.02 Å². The normalized spacial score (nSPS) is 14.3. The molecule has 7 heteroatoms. The minimum Gasteiger partial charge on any atom is -0.489 e. The number of nitrogens with zero attached hydrogens (tertiary/aromatic N) is 4. The zero-order valence-corrected chi connectivity index (χ0v) is 22.4. The second-order valence-electron chi connectivity index (χ2n) is 10.1. The van der Waals surface area contributed by atoms with Gasteiger partial charge in [0.15, 0.2) is 5.82 Å². The largest absolute Gasteiger partial charge is 0.489 e. The topological polar surface area (TPSA) is 59.0 Å². The maximum absolute atomic E-state index is 6.36. The molecular formula is C31H32ClN5O. The lowest BCUT2D eigenvalue weighted by molar-refractivity contribution is 0.221. The highest BCUT2D eigenvalue weighted by molar-refractivity contribution is 6.30. The molecule has 0 saturated carbocycles. The van der Waals surface area contributed by atoms with Gasteiger partial charge in [0.1, 0.15) is 18.1 Å². The van der Waals surface area contributed by atoms with E-state index in [1.807, 2.05) is 41.1 Å². The molecule has 1 N–H and O–H groups in total. The van der Waals surface area contributed by atoms with Crippen LogP contribution in [-0.2, 0) is 19.7 Å². The highest BCUT2D eigenvalue weighted by atomic mass is 35.5. The number of nitrogens with one attached hydrogen (secondary N) is 1. The van der Waals surface area contributed by atoms with E-state index in [-0.39, 0.29) is 0 Å². The number of piperidine rings is 1. The van der Waals surface area contributed by atoms with Crippen LogP contribution in [0.25, 0.3) is 22.6 Å². The Hall–Kier alpha value is -3.61. The Morgan fingerprint density at radius 1 is 0.895 bits per heavy atom. The van der Waals surface area contributed by atoms with Gasteiger partial charge >= 0.3 is 0 Å². The average Bonchev–Trinajstić information content (AvgIpc) is 3.52. The van der Waals surface area contributed by atoms with Crippen LogP contribution in [0.1, 0.15) is 41.6 Å². The second kappa shape index (κ2) is 11.0. The van der Waals surface area contributed by atoms with Crippen LogP contribution in [0.15, 0.2) is 72.8 Å². The summed E-state index contributed by atoms with van der Waals surface area (Å²) in [6, 6.07) is 24.5. The SMILES string of the molecule is Cc1cc(-c2nc3ccc(CN4CCCCC4)cc3[nH]2)nn1Cc1cc(Cl)ccc1OCc1ccccc1. The van der Waals surface area contributed by atoms with E-state index >= 15 is 0 Å². The van der Waals surface area contributed by atoms with E-state index in [1.54, 1.807) is 0 Å². The summed E-state index contributed by atoms with van der Waals surface area (Å²) in [5, 5.41) is 5.57. The number of rotatable bonds is 8. The number of fused-ring (bicyclic) bond motifs is 1. The summed E-state index contributed by atoms with van der Waals surface area (Å²) in [6.45, 7) is 6.48. The number of hydrogen-bond donors (Lipinski definition) is 1.